The number of carbonyl (C=O) groups is 2. The minimum absolute atomic E-state index is 0.0541. The number of anilines is 1. The Labute approximate surface area is 130 Å². The molecule has 0 saturated carbocycles. The first-order valence-electron chi connectivity index (χ1n) is 6.98. The van der Waals surface area contributed by atoms with Gasteiger partial charge in [0.05, 0.1) is 5.69 Å². The molecule has 10 nitrogen and oxygen atoms in total. The Balaban J connectivity index is 1.95. The molecule has 3 rings (SSSR count). The third-order valence-electron chi connectivity index (χ3n) is 3.50. The molecule has 0 fully saturated rings. The number of nitrogens with one attached hydrogen (secondary N) is 2. The third-order valence-corrected chi connectivity index (χ3v) is 3.50. The molecule has 120 valence electrons. The number of rotatable bonds is 2. The maximum absolute atomic E-state index is 12.4. The van der Waals surface area contributed by atoms with Crippen LogP contribution in [0.3, 0.4) is 0 Å². The fourth-order valence-corrected chi connectivity index (χ4v) is 2.29. The molecule has 0 aliphatic carbocycles. The van der Waals surface area contributed by atoms with Crippen molar-refractivity contribution in [1.29, 1.82) is 0 Å². The van der Waals surface area contributed by atoms with E-state index in [0.29, 0.717) is 11.5 Å². The molecule has 10 heteroatoms. The molecule has 2 amide bonds. The molecule has 2 aromatic rings. The van der Waals surface area contributed by atoms with E-state index in [9.17, 15) is 14.4 Å². The standard InChI is InChI=1S/C13H15N7O3/c1-6-10(12(23)20-13(14-6)15-7(2)17-20)16-11(22)8-4-5-9(21)19(3)18-8/h4-5H2,1-3H3,(H,16,22)(H,14,15,17). The fourth-order valence-electron chi connectivity index (χ4n) is 2.29. The smallest absolute Gasteiger partial charge is 0.298 e. The maximum Gasteiger partial charge on any atom is 0.298 e. The normalized spacial score (nSPS) is 15.0. The van der Waals surface area contributed by atoms with Crippen LogP contribution >= 0.6 is 0 Å². The van der Waals surface area contributed by atoms with Gasteiger partial charge in [0.25, 0.3) is 17.2 Å². The van der Waals surface area contributed by atoms with Crippen LogP contribution in [0.4, 0.5) is 5.69 Å². The highest BCUT2D eigenvalue weighted by molar-refractivity contribution is 6.43. The number of amides is 2. The number of hydrogen-bond acceptors (Lipinski definition) is 6. The van der Waals surface area contributed by atoms with E-state index in [-0.39, 0.29) is 35.9 Å². The van der Waals surface area contributed by atoms with Crippen molar-refractivity contribution in [2.45, 2.75) is 26.7 Å². The number of aromatic amines is 1. The lowest BCUT2D eigenvalue weighted by Gasteiger charge is -2.18. The summed E-state index contributed by atoms with van der Waals surface area (Å²) in [5, 5.41) is 10.3. The van der Waals surface area contributed by atoms with Crippen LogP contribution in [0.1, 0.15) is 24.4 Å². The molecule has 0 atom stereocenters. The number of fused-ring (bicyclic) bond motifs is 1. The molecule has 23 heavy (non-hydrogen) atoms. The predicted octanol–water partition coefficient (Wildman–Crippen LogP) is -0.419. The van der Waals surface area contributed by atoms with E-state index in [1.165, 1.54) is 7.05 Å². The van der Waals surface area contributed by atoms with Gasteiger partial charge < -0.3 is 5.32 Å². The third kappa shape index (κ3) is 2.58. The molecule has 2 N–H and O–H groups in total. The van der Waals surface area contributed by atoms with Crippen molar-refractivity contribution in [1.82, 2.24) is 24.6 Å². The summed E-state index contributed by atoms with van der Waals surface area (Å²) in [6.45, 7) is 3.31. The van der Waals surface area contributed by atoms with Gasteiger partial charge in [0.1, 0.15) is 17.2 Å². The van der Waals surface area contributed by atoms with Gasteiger partial charge in [0, 0.05) is 19.9 Å². The van der Waals surface area contributed by atoms with E-state index in [0.717, 1.165) is 9.52 Å². The number of H-pyrrole nitrogens is 1. The van der Waals surface area contributed by atoms with Crippen LogP contribution in [0, 0.1) is 13.8 Å². The quantitative estimate of drug-likeness (QED) is 0.778. The van der Waals surface area contributed by atoms with E-state index < -0.39 is 11.5 Å². The maximum atomic E-state index is 12.4. The summed E-state index contributed by atoms with van der Waals surface area (Å²) in [7, 11) is 1.48. The second kappa shape index (κ2) is 5.30. The molecular formula is C13H15N7O3. The summed E-state index contributed by atoms with van der Waals surface area (Å²) in [4.78, 5) is 44.4. The van der Waals surface area contributed by atoms with Crippen LogP contribution in [0.2, 0.25) is 0 Å². The van der Waals surface area contributed by atoms with Crippen molar-refractivity contribution in [2.75, 3.05) is 12.4 Å². The Hall–Kier alpha value is -3.04. The average molecular weight is 317 g/mol. The van der Waals surface area contributed by atoms with Gasteiger partial charge in [-0.2, -0.15) is 14.6 Å². The van der Waals surface area contributed by atoms with Gasteiger partial charge in [0.2, 0.25) is 5.91 Å². The lowest BCUT2D eigenvalue weighted by molar-refractivity contribution is -0.130. The van der Waals surface area contributed by atoms with E-state index in [1.54, 1.807) is 13.8 Å². The first-order chi connectivity index (χ1) is 10.9. The van der Waals surface area contributed by atoms with Gasteiger partial charge in [-0.05, 0) is 13.8 Å². The number of carbonyl (C=O) groups excluding carboxylic acids is 2. The lowest BCUT2D eigenvalue weighted by atomic mass is 10.1. The molecular weight excluding hydrogens is 302 g/mol. The summed E-state index contributed by atoms with van der Waals surface area (Å²) in [5.41, 5.74) is 0.146. The minimum Gasteiger partial charge on any atom is -0.315 e. The predicted molar refractivity (Wildman–Crippen MR) is 81.2 cm³/mol. The number of nitrogens with zero attached hydrogens (tertiary/aromatic N) is 5. The summed E-state index contributed by atoms with van der Waals surface area (Å²) in [6, 6.07) is 0. The minimum atomic E-state index is -0.525. The zero-order chi connectivity index (χ0) is 16.7. The van der Waals surface area contributed by atoms with Crippen LogP contribution in [0.25, 0.3) is 5.78 Å². The van der Waals surface area contributed by atoms with Crippen molar-refractivity contribution in [3.05, 3.63) is 21.9 Å². The highest BCUT2D eigenvalue weighted by Crippen LogP contribution is 2.11. The number of hydrogen-bond donors (Lipinski definition) is 2. The lowest BCUT2D eigenvalue weighted by Crippen LogP contribution is -2.35. The van der Waals surface area contributed by atoms with Crippen molar-refractivity contribution < 1.29 is 9.59 Å². The van der Waals surface area contributed by atoms with Gasteiger partial charge in [-0.1, -0.05) is 0 Å². The van der Waals surface area contributed by atoms with Crippen molar-refractivity contribution in [3.63, 3.8) is 0 Å². The second-order valence-electron chi connectivity index (χ2n) is 5.24. The molecule has 3 heterocycles. The van der Waals surface area contributed by atoms with E-state index >= 15 is 0 Å². The number of hydrazone groups is 1. The summed E-state index contributed by atoms with van der Waals surface area (Å²) in [6.07, 6.45) is 0.436. The van der Waals surface area contributed by atoms with E-state index in [2.05, 4.69) is 25.5 Å². The molecule has 0 spiro atoms. The average Bonchev–Trinajstić information content (AvgIpc) is 2.86. The van der Waals surface area contributed by atoms with Gasteiger partial charge in [-0.25, -0.2) is 9.99 Å². The zero-order valence-electron chi connectivity index (χ0n) is 12.9. The second-order valence-corrected chi connectivity index (χ2v) is 5.24. The Kier molecular flexibility index (Phi) is 3.43. The van der Waals surface area contributed by atoms with Crippen LogP contribution in [0.15, 0.2) is 9.90 Å². The fraction of sp³-hybridized carbons (Fsp3) is 0.385. The monoisotopic (exact) mass is 317 g/mol. The highest BCUT2D eigenvalue weighted by Gasteiger charge is 2.23. The Bertz CT molecular complexity index is 908. The van der Waals surface area contributed by atoms with Gasteiger partial charge in [-0.3, -0.25) is 19.5 Å². The van der Waals surface area contributed by atoms with Crippen LogP contribution in [-0.2, 0) is 9.59 Å². The van der Waals surface area contributed by atoms with Gasteiger partial charge >= 0.3 is 0 Å². The van der Waals surface area contributed by atoms with Crippen LogP contribution in [0.5, 0.6) is 0 Å². The van der Waals surface area contributed by atoms with Crippen molar-refractivity contribution >= 4 is 29.0 Å². The molecule has 0 aromatic carbocycles. The summed E-state index contributed by atoms with van der Waals surface area (Å²) < 4.78 is 1.16. The molecule has 1 aliphatic heterocycles. The Morgan fingerprint density at radius 1 is 1.22 bits per heavy atom. The summed E-state index contributed by atoms with van der Waals surface area (Å²) in [5.74, 6) is 0.0916. The largest absolute Gasteiger partial charge is 0.315 e. The van der Waals surface area contributed by atoms with E-state index in [4.69, 9.17) is 0 Å². The molecule has 0 saturated heterocycles. The topological polar surface area (TPSA) is 125 Å². The number of aromatic nitrogens is 4. The molecule has 2 aromatic heterocycles. The molecule has 0 radical (unpaired) electrons. The van der Waals surface area contributed by atoms with Crippen LogP contribution in [-0.4, -0.2) is 49.2 Å². The summed E-state index contributed by atoms with van der Waals surface area (Å²) >= 11 is 0. The van der Waals surface area contributed by atoms with Gasteiger partial charge in [-0.15, -0.1) is 0 Å². The zero-order valence-corrected chi connectivity index (χ0v) is 12.9. The van der Waals surface area contributed by atoms with Crippen molar-refractivity contribution in [2.24, 2.45) is 5.10 Å². The SMILES string of the molecule is Cc1nc2nc(C)c(NC(=O)C3=NN(C)C(=O)CC3)c(=O)n2[nH]1. The van der Waals surface area contributed by atoms with E-state index in [1.807, 2.05) is 0 Å². The Morgan fingerprint density at radius 3 is 2.65 bits per heavy atom. The molecule has 0 bridgehead atoms. The first kappa shape index (κ1) is 14.9. The van der Waals surface area contributed by atoms with Crippen LogP contribution < -0.4 is 10.9 Å². The van der Waals surface area contributed by atoms with Gasteiger partial charge in [0.15, 0.2) is 0 Å². The highest BCUT2D eigenvalue weighted by atomic mass is 16.2. The molecule has 1 aliphatic rings. The Morgan fingerprint density at radius 2 is 1.96 bits per heavy atom. The number of aryl methyl sites for hydroxylation is 2. The first-order valence-corrected chi connectivity index (χ1v) is 6.98. The molecule has 0 unspecified atom stereocenters. The van der Waals surface area contributed by atoms with Crippen molar-refractivity contribution in [3.8, 4) is 0 Å².